The van der Waals surface area contributed by atoms with Gasteiger partial charge in [-0.25, -0.2) is 13.2 Å². The van der Waals surface area contributed by atoms with Crippen LogP contribution in [0.1, 0.15) is 29.8 Å². The average molecular weight is 487 g/mol. The smallest absolute Gasteiger partial charge is 0.338 e. The number of sulfonamides is 1. The molecule has 3 aliphatic rings. The number of rotatable bonds is 4. The minimum atomic E-state index is -4.03. The van der Waals surface area contributed by atoms with Crippen LogP contribution in [0.15, 0.2) is 66.4 Å². The van der Waals surface area contributed by atoms with Crippen molar-refractivity contribution >= 4 is 20.9 Å². The molecule has 5 rings (SSSR count). The van der Waals surface area contributed by atoms with Crippen LogP contribution in [0.2, 0.25) is 0 Å². The van der Waals surface area contributed by atoms with Gasteiger partial charge in [-0.1, -0.05) is 48.5 Å². The van der Waals surface area contributed by atoms with Gasteiger partial charge in [0.2, 0.25) is 10.0 Å². The van der Waals surface area contributed by atoms with E-state index in [-0.39, 0.29) is 17.2 Å². The van der Waals surface area contributed by atoms with Crippen molar-refractivity contribution in [3.05, 3.63) is 77.5 Å². The van der Waals surface area contributed by atoms with Crippen molar-refractivity contribution in [1.29, 1.82) is 0 Å². The highest BCUT2D eigenvalue weighted by molar-refractivity contribution is 7.98. The summed E-state index contributed by atoms with van der Waals surface area (Å²) in [6.45, 7) is 3.18. The number of carbonyl (C=O) groups excluding carboxylic acids is 1. The second-order valence-corrected chi connectivity index (χ2v) is 10.8. The van der Waals surface area contributed by atoms with E-state index in [1.807, 2.05) is 0 Å². The zero-order valence-electron chi connectivity index (χ0n) is 19.0. The largest absolute Gasteiger partial charge is 0.459 e. The molecule has 34 heavy (non-hydrogen) atoms. The Morgan fingerprint density at radius 1 is 1.06 bits per heavy atom. The Morgan fingerprint density at radius 3 is 2.32 bits per heavy atom. The predicted molar refractivity (Wildman–Crippen MR) is 122 cm³/mol. The number of benzene rings is 2. The molecule has 0 unspecified atom stereocenters. The molecule has 0 aliphatic carbocycles. The van der Waals surface area contributed by atoms with Gasteiger partial charge in [0.25, 0.3) is 0 Å². The van der Waals surface area contributed by atoms with Crippen LogP contribution in [-0.4, -0.2) is 62.2 Å². The van der Waals surface area contributed by atoms with Gasteiger partial charge in [0.05, 0.1) is 11.3 Å². The van der Waals surface area contributed by atoms with Crippen LogP contribution < -0.4 is 5.73 Å². The number of hydrogen-bond donors (Lipinski definition) is 1. The van der Waals surface area contributed by atoms with Crippen molar-refractivity contribution < 1.29 is 32.2 Å². The number of nitrogens with zero attached hydrogens (tertiary/aromatic N) is 1. The molecule has 9 nitrogen and oxygen atoms in total. The van der Waals surface area contributed by atoms with Crippen molar-refractivity contribution in [2.45, 2.75) is 43.7 Å². The van der Waals surface area contributed by atoms with E-state index in [1.165, 1.54) is 11.4 Å². The number of esters is 1. The van der Waals surface area contributed by atoms with Crippen LogP contribution in [0.5, 0.6) is 0 Å². The monoisotopic (exact) mass is 486 g/mol. The van der Waals surface area contributed by atoms with Crippen molar-refractivity contribution in [3.63, 3.8) is 0 Å². The fraction of sp³-hybridized carbons (Fsp3) is 0.375. The number of likely N-dealkylation sites (N-methyl/N-ethyl adjacent to an activating group) is 1. The number of hydrogen-bond acceptors (Lipinski definition) is 8. The summed E-state index contributed by atoms with van der Waals surface area (Å²) in [5.74, 6) is -1.58. The molecule has 0 aromatic heterocycles. The molecule has 0 bridgehead atoms. The first-order valence-electron chi connectivity index (χ1n) is 10.9. The highest BCUT2D eigenvalue weighted by Gasteiger charge is 2.72. The molecule has 2 saturated heterocycles. The Hall–Kier alpha value is -2.76. The SMILES string of the molecule is CN1[C@]2(C(N)=C(c3ccccc3)S1(=O)=O)[C@@H](COC(=O)c1ccccc1)O[C@@H]1OC(C)(C)O[C@@H]12. The third kappa shape index (κ3) is 3.29. The van der Waals surface area contributed by atoms with Crippen molar-refractivity contribution in [1.82, 2.24) is 4.31 Å². The summed E-state index contributed by atoms with van der Waals surface area (Å²) in [5, 5.41) is 0. The van der Waals surface area contributed by atoms with Crippen LogP contribution >= 0.6 is 0 Å². The summed E-state index contributed by atoms with van der Waals surface area (Å²) in [7, 11) is -2.59. The normalized spacial score (nSPS) is 31.7. The number of nitrogens with two attached hydrogens (primary N) is 1. The summed E-state index contributed by atoms with van der Waals surface area (Å²) in [6.07, 6.45) is -2.74. The van der Waals surface area contributed by atoms with Gasteiger partial charge in [0, 0.05) is 7.05 Å². The highest BCUT2D eigenvalue weighted by atomic mass is 32.2. The second kappa shape index (κ2) is 7.89. The fourth-order valence-electron chi connectivity index (χ4n) is 4.98. The molecule has 2 aromatic carbocycles. The zero-order chi connectivity index (χ0) is 24.3. The van der Waals surface area contributed by atoms with Crippen molar-refractivity contribution in [3.8, 4) is 0 Å². The maximum atomic E-state index is 13.6. The maximum Gasteiger partial charge on any atom is 0.338 e. The van der Waals surface area contributed by atoms with Crippen LogP contribution in [0.3, 0.4) is 0 Å². The molecule has 3 aliphatic heterocycles. The van der Waals surface area contributed by atoms with Crippen molar-refractivity contribution in [2.75, 3.05) is 13.7 Å². The quantitative estimate of drug-likeness (QED) is 0.653. The van der Waals surface area contributed by atoms with E-state index >= 15 is 0 Å². The predicted octanol–water partition coefficient (Wildman–Crippen LogP) is 2.06. The van der Waals surface area contributed by atoms with Gasteiger partial charge < -0.3 is 24.7 Å². The van der Waals surface area contributed by atoms with E-state index in [2.05, 4.69) is 0 Å². The Bertz CT molecular complexity index is 1250. The maximum absolute atomic E-state index is 13.6. The number of fused-ring (bicyclic) bond motifs is 2. The van der Waals surface area contributed by atoms with Crippen LogP contribution in [-0.2, 0) is 29.0 Å². The highest BCUT2D eigenvalue weighted by Crippen LogP contribution is 2.55. The average Bonchev–Trinajstić information content (AvgIpc) is 3.32. The molecule has 0 radical (unpaired) electrons. The van der Waals surface area contributed by atoms with E-state index in [0.717, 1.165) is 0 Å². The fourth-order valence-corrected chi connectivity index (χ4v) is 6.85. The molecule has 2 fully saturated rings. The van der Waals surface area contributed by atoms with Crippen LogP contribution in [0.25, 0.3) is 4.91 Å². The summed E-state index contributed by atoms with van der Waals surface area (Å²) < 4.78 is 52.2. The lowest BCUT2D eigenvalue weighted by molar-refractivity contribution is -0.217. The molecule has 0 saturated carbocycles. The molecular formula is C24H26N2O7S. The van der Waals surface area contributed by atoms with Gasteiger partial charge in [-0.2, -0.15) is 4.31 Å². The number of ether oxygens (including phenoxy) is 4. The van der Waals surface area contributed by atoms with Crippen LogP contribution in [0, 0.1) is 0 Å². The van der Waals surface area contributed by atoms with E-state index < -0.39 is 45.8 Å². The molecule has 1 spiro atoms. The first-order valence-corrected chi connectivity index (χ1v) is 12.3. The molecule has 0 amide bonds. The van der Waals surface area contributed by atoms with Crippen molar-refractivity contribution in [2.24, 2.45) is 5.73 Å². The Kier molecular flexibility index (Phi) is 5.34. The minimum absolute atomic E-state index is 0.0208. The molecule has 4 atom stereocenters. The molecular weight excluding hydrogens is 460 g/mol. The second-order valence-electron chi connectivity index (χ2n) is 8.92. The lowest BCUT2D eigenvalue weighted by atomic mass is 9.84. The number of carbonyl (C=O) groups is 1. The van der Waals surface area contributed by atoms with Gasteiger partial charge in [0.1, 0.15) is 29.3 Å². The molecule has 2 aromatic rings. The standard InChI is InChI=1S/C24H26N2O7S/c1-23(2)32-20-22(33-23)31-17(14-30-21(27)16-12-8-5-9-13-16)24(20)19(25)18(34(28,29)26(24)3)15-10-6-4-7-11-15/h4-13,17,20,22H,14,25H2,1-3H3/t17-,20+,22-,24+/m1/s1. The van der Waals surface area contributed by atoms with Gasteiger partial charge in [-0.3, -0.25) is 0 Å². The topological polar surface area (TPSA) is 117 Å². The zero-order valence-corrected chi connectivity index (χ0v) is 19.8. The lowest BCUT2D eigenvalue weighted by Crippen LogP contribution is -2.62. The van der Waals surface area contributed by atoms with E-state index in [1.54, 1.807) is 74.5 Å². The van der Waals surface area contributed by atoms with Gasteiger partial charge >= 0.3 is 5.97 Å². The van der Waals surface area contributed by atoms with E-state index in [9.17, 15) is 13.2 Å². The van der Waals surface area contributed by atoms with Gasteiger partial charge in [0.15, 0.2) is 12.1 Å². The van der Waals surface area contributed by atoms with E-state index in [4.69, 9.17) is 24.7 Å². The lowest BCUT2D eigenvalue weighted by Gasteiger charge is -2.39. The molecule has 2 N–H and O–H groups in total. The third-order valence-corrected chi connectivity index (χ3v) is 8.50. The first-order chi connectivity index (χ1) is 16.1. The summed E-state index contributed by atoms with van der Waals surface area (Å²) >= 11 is 0. The minimum Gasteiger partial charge on any atom is -0.459 e. The third-order valence-electron chi connectivity index (χ3n) is 6.51. The van der Waals surface area contributed by atoms with Gasteiger partial charge in [-0.15, -0.1) is 0 Å². The molecule has 10 heteroatoms. The van der Waals surface area contributed by atoms with Crippen LogP contribution in [0.4, 0.5) is 0 Å². The summed E-state index contributed by atoms with van der Waals surface area (Å²) in [5.41, 5.74) is 6.08. The Labute approximate surface area is 198 Å². The molecule has 3 heterocycles. The Balaban J connectivity index is 1.58. The molecule has 180 valence electrons. The van der Waals surface area contributed by atoms with E-state index in [0.29, 0.717) is 11.1 Å². The summed E-state index contributed by atoms with van der Waals surface area (Å²) in [6, 6.07) is 17.1. The first kappa shape index (κ1) is 23.0. The van der Waals surface area contributed by atoms with Gasteiger partial charge in [-0.05, 0) is 31.5 Å². The summed E-state index contributed by atoms with van der Waals surface area (Å²) in [4.78, 5) is 12.6. The Morgan fingerprint density at radius 2 is 1.68 bits per heavy atom.